The molecular formula is C24H22N2O2. The Hall–Kier alpha value is -3.37. The number of benzene rings is 3. The van der Waals surface area contributed by atoms with Crippen LogP contribution in [-0.4, -0.2) is 11.1 Å². The first-order valence-electron chi connectivity index (χ1n) is 9.29. The van der Waals surface area contributed by atoms with Crippen LogP contribution in [0.3, 0.4) is 0 Å². The Kier molecular flexibility index (Phi) is 4.72. The number of rotatable bonds is 5. The average Bonchev–Trinajstić information content (AvgIpc) is 3.03. The lowest BCUT2D eigenvalue weighted by Gasteiger charge is -2.31. The number of carboxylic acids is 1. The molecule has 2 N–H and O–H groups in total. The SMILES string of the molecule is CC1(c2ccccc2)NN(c2ccccc2)C(c2ccccc2)=C1CC(=O)O. The van der Waals surface area contributed by atoms with Gasteiger partial charge in [0, 0.05) is 0 Å². The van der Waals surface area contributed by atoms with E-state index in [-0.39, 0.29) is 6.42 Å². The van der Waals surface area contributed by atoms with E-state index in [0.29, 0.717) is 0 Å². The van der Waals surface area contributed by atoms with E-state index in [1.165, 1.54) is 0 Å². The standard InChI is InChI=1S/C24H22N2O2/c1-24(19-13-7-3-8-14-19)21(17-22(27)28)23(18-11-5-2-6-12-18)26(25-24)20-15-9-4-10-16-20/h2-16,25H,17H2,1H3,(H,27,28). The van der Waals surface area contributed by atoms with E-state index < -0.39 is 11.5 Å². The monoisotopic (exact) mass is 370 g/mol. The van der Waals surface area contributed by atoms with Crippen molar-refractivity contribution in [2.75, 3.05) is 5.01 Å². The van der Waals surface area contributed by atoms with Crippen molar-refractivity contribution in [1.82, 2.24) is 5.43 Å². The van der Waals surface area contributed by atoms with Crippen LogP contribution in [0.1, 0.15) is 24.5 Å². The second-order valence-electron chi connectivity index (χ2n) is 7.04. The van der Waals surface area contributed by atoms with Crippen LogP contribution in [0.4, 0.5) is 5.69 Å². The van der Waals surface area contributed by atoms with E-state index in [1.807, 2.05) is 103 Å². The number of hydrogen-bond acceptors (Lipinski definition) is 3. The minimum atomic E-state index is -0.845. The zero-order chi connectivity index (χ0) is 19.6. The number of carbonyl (C=O) groups is 1. The van der Waals surface area contributed by atoms with Gasteiger partial charge in [-0.15, -0.1) is 0 Å². The molecule has 4 rings (SSSR count). The largest absolute Gasteiger partial charge is 0.481 e. The van der Waals surface area contributed by atoms with Crippen LogP contribution in [-0.2, 0) is 10.3 Å². The molecule has 0 aromatic heterocycles. The summed E-state index contributed by atoms with van der Waals surface area (Å²) in [6.07, 6.45) is -0.0496. The maximum absolute atomic E-state index is 11.8. The molecule has 4 nitrogen and oxygen atoms in total. The second-order valence-corrected chi connectivity index (χ2v) is 7.04. The average molecular weight is 370 g/mol. The van der Waals surface area contributed by atoms with Gasteiger partial charge in [-0.2, -0.15) is 0 Å². The van der Waals surface area contributed by atoms with Gasteiger partial charge in [-0.25, -0.2) is 5.43 Å². The summed E-state index contributed by atoms with van der Waals surface area (Å²) in [6.45, 7) is 2.05. The molecule has 0 bridgehead atoms. The number of carboxylic acid groups (broad SMARTS) is 1. The summed E-state index contributed by atoms with van der Waals surface area (Å²) >= 11 is 0. The number of nitrogens with zero attached hydrogens (tertiary/aromatic N) is 1. The molecule has 0 saturated carbocycles. The van der Waals surface area contributed by atoms with E-state index in [2.05, 4.69) is 5.43 Å². The lowest BCUT2D eigenvalue weighted by atomic mass is 9.82. The highest BCUT2D eigenvalue weighted by molar-refractivity contribution is 5.88. The first-order valence-corrected chi connectivity index (χ1v) is 9.29. The first-order chi connectivity index (χ1) is 13.6. The number of hydrazine groups is 1. The molecule has 0 radical (unpaired) electrons. The fourth-order valence-electron chi connectivity index (χ4n) is 3.81. The molecule has 0 spiro atoms. The van der Waals surface area contributed by atoms with Gasteiger partial charge in [-0.1, -0.05) is 78.9 Å². The molecule has 1 heterocycles. The third-order valence-electron chi connectivity index (χ3n) is 5.19. The third kappa shape index (κ3) is 3.19. The fraction of sp³-hybridized carbons (Fsp3) is 0.125. The van der Waals surface area contributed by atoms with Crippen molar-refractivity contribution in [3.63, 3.8) is 0 Å². The quantitative estimate of drug-likeness (QED) is 0.677. The van der Waals surface area contributed by atoms with Crippen LogP contribution >= 0.6 is 0 Å². The molecule has 28 heavy (non-hydrogen) atoms. The van der Waals surface area contributed by atoms with Crippen LogP contribution < -0.4 is 10.4 Å². The Morgan fingerprint density at radius 1 is 0.893 bits per heavy atom. The first kappa shape index (κ1) is 18.0. The van der Waals surface area contributed by atoms with Gasteiger partial charge in [0.1, 0.15) is 0 Å². The molecule has 1 aliphatic rings. The highest BCUT2D eigenvalue weighted by Gasteiger charge is 2.43. The molecule has 0 saturated heterocycles. The number of nitrogens with one attached hydrogen (secondary N) is 1. The second kappa shape index (κ2) is 7.33. The lowest BCUT2D eigenvalue weighted by molar-refractivity contribution is -0.136. The zero-order valence-corrected chi connectivity index (χ0v) is 15.7. The van der Waals surface area contributed by atoms with E-state index in [4.69, 9.17) is 0 Å². The van der Waals surface area contributed by atoms with Gasteiger partial charge in [0.15, 0.2) is 0 Å². The van der Waals surface area contributed by atoms with Crippen LogP contribution in [0, 0.1) is 0 Å². The predicted molar refractivity (Wildman–Crippen MR) is 111 cm³/mol. The molecule has 0 fully saturated rings. The van der Waals surface area contributed by atoms with E-state index >= 15 is 0 Å². The lowest BCUT2D eigenvalue weighted by Crippen LogP contribution is -2.44. The maximum atomic E-state index is 11.8. The van der Waals surface area contributed by atoms with Gasteiger partial charge in [0.25, 0.3) is 0 Å². The summed E-state index contributed by atoms with van der Waals surface area (Å²) in [5.74, 6) is -0.845. The Morgan fingerprint density at radius 2 is 1.43 bits per heavy atom. The van der Waals surface area contributed by atoms with Gasteiger partial charge in [-0.05, 0) is 35.8 Å². The topological polar surface area (TPSA) is 52.6 Å². The molecule has 1 aliphatic heterocycles. The molecule has 1 atom stereocenters. The number of para-hydroxylation sites is 1. The Bertz CT molecular complexity index is 1000. The number of anilines is 1. The highest BCUT2D eigenvalue weighted by Crippen LogP contribution is 2.45. The van der Waals surface area contributed by atoms with E-state index in [0.717, 1.165) is 28.1 Å². The van der Waals surface area contributed by atoms with Gasteiger partial charge in [0.2, 0.25) is 0 Å². The summed E-state index contributed by atoms with van der Waals surface area (Å²) in [7, 11) is 0. The summed E-state index contributed by atoms with van der Waals surface area (Å²) < 4.78 is 0. The smallest absolute Gasteiger partial charge is 0.307 e. The normalized spacial score (nSPS) is 19.1. The summed E-state index contributed by atoms with van der Waals surface area (Å²) in [5, 5.41) is 11.7. The van der Waals surface area contributed by atoms with Crippen LogP contribution in [0.15, 0.2) is 96.6 Å². The molecule has 4 heteroatoms. The highest BCUT2D eigenvalue weighted by atomic mass is 16.4. The van der Waals surface area contributed by atoms with E-state index in [1.54, 1.807) is 0 Å². The van der Waals surface area contributed by atoms with Crippen LogP contribution in [0.2, 0.25) is 0 Å². The molecular weight excluding hydrogens is 348 g/mol. The molecule has 0 aliphatic carbocycles. The molecule has 1 unspecified atom stereocenters. The fourth-order valence-corrected chi connectivity index (χ4v) is 3.81. The molecule has 3 aromatic rings. The summed E-state index contributed by atoms with van der Waals surface area (Å²) in [5.41, 5.74) is 7.65. The van der Waals surface area contributed by atoms with Gasteiger partial charge < -0.3 is 5.11 Å². The Morgan fingerprint density at radius 3 is 2.00 bits per heavy atom. The van der Waals surface area contributed by atoms with Gasteiger partial charge >= 0.3 is 5.97 Å². The third-order valence-corrected chi connectivity index (χ3v) is 5.19. The van der Waals surface area contributed by atoms with Crippen molar-refractivity contribution < 1.29 is 9.90 Å². The summed E-state index contributed by atoms with van der Waals surface area (Å²) in [6, 6.07) is 29.9. The van der Waals surface area contributed by atoms with Crippen LogP contribution in [0.25, 0.3) is 5.70 Å². The molecule has 0 amide bonds. The van der Waals surface area contributed by atoms with Crippen molar-refractivity contribution in [3.05, 3.63) is 108 Å². The van der Waals surface area contributed by atoms with Crippen molar-refractivity contribution >= 4 is 17.4 Å². The Labute approximate surface area is 164 Å². The predicted octanol–water partition coefficient (Wildman–Crippen LogP) is 4.81. The van der Waals surface area contributed by atoms with Crippen molar-refractivity contribution in [2.45, 2.75) is 18.9 Å². The molecule has 3 aromatic carbocycles. The molecule has 140 valence electrons. The van der Waals surface area contributed by atoms with Crippen LogP contribution in [0.5, 0.6) is 0 Å². The van der Waals surface area contributed by atoms with Gasteiger partial charge in [-0.3, -0.25) is 9.80 Å². The van der Waals surface area contributed by atoms with Crippen molar-refractivity contribution in [3.8, 4) is 0 Å². The Balaban J connectivity index is 1.97. The zero-order valence-electron chi connectivity index (χ0n) is 15.7. The summed E-state index contributed by atoms with van der Waals surface area (Å²) in [4.78, 5) is 11.8. The van der Waals surface area contributed by atoms with Gasteiger partial charge in [0.05, 0.1) is 23.3 Å². The minimum Gasteiger partial charge on any atom is -0.481 e. The maximum Gasteiger partial charge on any atom is 0.307 e. The van der Waals surface area contributed by atoms with Crippen molar-refractivity contribution in [2.24, 2.45) is 0 Å². The van der Waals surface area contributed by atoms with E-state index in [9.17, 15) is 9.90 Å². The minimum absolute atomic E-state index is 0.0496. The van der Waals surface area contributed by atoms with Crippen molar-refractivity contribution in [1.29, 1.82) is 0 Å². The number of hydrogen-bond donors (Lipinski definition) is 2. The number of aliphatic carboxylic acids is 1.